The molecule has 1 rings (SSSR count). The highest BCUT2D eigenvalue weighted by Crippen LogP contribution is 2.16. The quantitative estimate of drug-likeness (QED) is 0.711. The fourth-order valence-corrected chi connectivity index (χ4v) is 1.17. The molecule has 70 valence electrons. The molecule has 0 radical (unpaired) electrons. The monoisotopic (exact) mass is 180 g/mol. The number of rotatable bonds is 4. The summed E-state index contributed by atoms with van der Waals surface area (Å²) >= 11 is 0. The zero-order valence-electron chi connectivity index (χ0n) is 7.18. The van der Waals surface area contributed by atoms with Crippen molar-refractivity contribution in [2.45, 2.75) is 12.3 Å². The second-order valence-corrected chi connectivity index (χ2v) is 2.82. The van der Waals surface area contributed by atoms with Crippen molar-refractivity contribution < 1.29 is 9.90 Å². The third-order valence-electron chi connectivity index (χ3n) is 1.86. The molecule has 0 saturated carbocycles. The number of hydrogen-bond acceptors (Lipinski definition) is 3. The maximum atomic E-state index is 10.5. The molecule has 1 aromatic rings. The van der Waals surface area contributed by atoms with Gasteiger partial charge in [-0.2, -0.15) is 0 Å². The molecule has 13 heavy (non-hydrogen) atoms. The van der Waals surface area contributed by atoms with E-state index in [-0.39, 0.29) is 12.3 Å². The van der Waals surface area contributed by atoms with E-state index in [1.807, 2.05) is 6.07 Å². The van der Waals surface area contributed by atoms with Crippen LogP contribution in [0.3, 0.4) is 0 Å². The molecule has 0 aromatic carbocycles. The highest BCUT2D eigenvalue weighted by Gasteiger charge is 2.13. The summed E-state index contributed by atoms with van der Waals surface area (Å²) in [7, 11) is 0. The van der Waals surface area contributed by atoms with E-state index in [2.05, 4.69) is 4.98 Å². The second-order valence-electron chi connectivity index (χ2n) is 2.82. The first-order valence-electron chi connectivity index (χ1n) is 4.06. The maximum absolute atomic E-state index is 10.5. The van der Waals surface area contributed by atoms with Crippen LogP contribution >= 0.6 is 0 Å². The van der Waals surface area contributed by atoms with Crippen molar-refractivity contribution in [3.8, 4) is 0 Å². The molecule has 0 bridgehead atoms. The van der Waals surface area contributed by atoms with E-state index >= 15 is 0 Å². The van der Waals surface area contributed by atoms with Gasteiger partial charge >= 0.3 is 5.97 Å². The summed E-state index contributed by atoms with van der Waals surface area (Å²) in [5.41, 5.74) is 6.34. The van der Waals surface area contributed by atoms with Crippen LogP contribution < -0.4 is 5.73 Å². The maximum Gasteiger partial charge on any atom is 0.304 e. The molecular formula is C9H12N2O2. The number of nitrogens with zero attached hydrogens (tertiary/aromatic N) is 1. The number of hydrogen-bond donors (Lipinski definition) is 2. The molecule has 1 atom stereocenters. The van der Waals surface area contributed by atoms with Gasteiger partial charge in [0.15, 0.2) is 0 Å². The first-order chi connectivity index (χ1) is 6.24. The number of aliphatic carboxylic acids is 1. The second kappa shape index (κ2) is 4.57. The summed E-state index contributed by atoms with van der Waals surface area (Å²) in [4.78, 5) is 14.4. The van der Waals surface area contributed by atoms with Crippen molar-refractivity contribution >= 4 is 5.97 Å². The standard InChI is InChI=1S/C9H12N2O2/c10-5-8(4-9(12)13)7-2-1-3-11-6-7/h1-3,6,8H,4-5,10H2,(H,12,13)/t8-/m1/s1. The number of nitrogens with two attached hydrogens (primary N) is 1. The minimum Gasteiger partial charge on any atom is -0.481 e. The number of carboxylic acid groups (broad SMARTS) is 1. The van der Waals surface area contributed by atoms with Gasteiger partial charge < -0.3 is 10.8 Å². The Hall–Kier alpha value is -1.42. The van der Waals surface area contributed by atoms with E-state index in [0.29, 0.717) is 6.54 Å². The summed E-state index contributed by atoms with van der Waals surface area (Å²) in [6.07, 6.45) is 3.36. The molecule has 1 aromatic heterocycles. The van der Waals surface area contributed by atoms with Crippen LogP contribution in [0.25, 0.3) is 0 Å². The minimum atomic E-state index is -0.834. The number of carbonyl (C=O) groups is 1. The van der Waals surface area contributed by atoms with Crippen LogP contribution in [0.4, 0.5) is 0 Å². The summed E-state index contributed by atoms with van der Waals surface area (Å²) in [6.45, 7) is 0.331. The van der Waals surface area contributed by atoms with Gasteiger partial charge in [0.05, 0.1) is 6.42 Å². The van der Waals surface area contributed by atoms with Crippen LogP contribution in [-0.4, -0.2) is 22.6 Å². The lowest BCUT2D eigenvalue weighted by atomic mass is 9.98. The van der Waals surface area contributed by atoms with Gasteiger partial charge in [-0.3, -0.25) is 9.78 Å². The van der Waals surface area contributed by atoms with Crippen LogP contribution in [0.15, 0.2) is 24.5 Å². The Labute approximate surface area is 76.4 Å². The third kappa shape index (κ3) is 2.83. The zero-order valence-corrected chi connectivity index (χ0v) is 7.18. The molecule has 4 nitrogen and oxygen atoms in total. The summed E-state index contributed by atoms with van der Waals surface area (Å²) in [5, 5.41) is 8.60. The molecule has 0 spiro atoms. The topological polar surface area (TPSA) is 76.2 Å². The van der Waals surface area contributed by atoms with E-state index in [1.165, 1.54) is 0 Å². The molecule has 3 N–H and O–H groups in total. The van der Waals surface area contributed by atoms with E-state index in [9.17, 15) is 4.79 Å². The normalized spacial score (nSPS) is 12.4. The Bertz CT molecular complexity index is 274. The van der Waals surface area contributed by atoms with Crippen molar-refractivity contribution in [2.24, 2.45) is 5.73 Å². The van der Waals surface area contributed by atoms with E-state index in [1.54, 1.807) is 18.5 Å². The summed E-state index contributed by atoms with van der Waals surface area (Å²) in [5.74, 6) is -0.967. The van der Waals surface area contributed by atoms with Crippen LogP contribution in [0.5, 0.6) is 0 Å². The van der Waals surface area contributed by atoms with Gasteiger partial charge in [0.1, 0.15) is 0 Å². The number of aromatic nitrogens is 1. The summed E-state index contributed by atoms with van der Waals surface area (Å²) < 4.78 is 0. The zero-order chi connectivity index (χ0) is 9.68. The van der Waals surface area contributed by atoms with Gasteiger partial charge in [-0.05, 0) is 18.2 Å². The van der Waals surface area contributed by atoms with Gasteiger partial charge in [0.25, 0.3) is 0 Å². The van der Waals surface area contributed by atoms with Gasteiger partial charge in [-0.25, -0.2) is 0 Å². The predicted molar refractivity (Wildman–Crippen MR) is 48.3 cm³/mol. The van der Waals surface area contributed by atoms with Crippen molar-refractivity contribution in [3.05, 3.63) is 30.1 Å². The Morgan fingerprint density at radius 2 is 2.46 bits per heavy atom. The van der Waals surface area contributed by atoms with Gasteiger partial charge in [-0.15, -0.1) is 0 Å². The largest absolute Gasteiger partial charge is 0.481 e. The lowest BCUT2D eigenvalue weighted by molar-refractivity contribution is -0.137. The fourth-order valence-electron chi connectivity index (χ4n) is 1.17. The highest BCUT2D eigenvalue weighted by atomic mass is 16.4. The van der Waals surface area contributed by atoms with Crippen molar-refractivity contribution in [2.75, 3.05) is 6.54 Å². The SMILES string of the molecule is NC[C@@H](CC(=O)O)c1cccnc1. The van der Waals surface area contributed by atoms with Gasteiger partial charge in [0.2, 0.25) is 0 Å². The predicted octanol–water partition coefficient (Wildman–Crippen LogP) is 0.599. The first kappa shape index (κ1) is 9.67. The van der Waals surface area contributed by atoms with Gasteiger partial charge in [0, 0.05) is 18.3 Å². The van der Waals surface area contributed by atoms with E-state index in [0.717, 1.165) is 5.56 Å². The average Bonchev–Trinajstić information content (AvgIpc) is 2.15. The lowest BCUT2D eigenvalue weighted by Gasteiger charge is -2.11. The molecule has 1 heterocycles. The molecule has 0 amide bonds. The lowest BCUT2D eigenvalue weighted by Crippen LogP contribution is -2.16. The Morgan fingerprint density at radius 3 is 2.92 bits per heavy atom. The van der Waals surface area contributed by atoms with Crippen LogP contribution in [0.2, 0.25) is 0 Å². The van der Waals surface area contributed by atoms with E-state index in [4.69, 9.17) is 10.8 Å². The highest BCUT2D eigenvalue weighted by molar-refractivity contribution is 5.68. The molecule has 4 heteroatoms. The fraction of sp³-hybridized carbons (Fsp3) is 0.333. The average molecular weight is 180 g/mol. The third-order valence-corrected chi connectivity index (χ3v) is 1.86. The number of pyridine rings is 1. The van der Waals surface area contributed by atoms with Crippen molar-refractivity contribution in [1.29, 1.82) is 0 Å². The first-order valence-corrected chi connectivity index (χ1v) is 4.06. The van der Waals surface area contributed by atoms with Crippen LogP contribution in [-0.2, 0) is 4.79 Å². The molecule has 0 saturated heterocycles. The Balaban J connectivity index is 2.73. The smallest absolute Gasteiger partial charge is 0.304 e. The molecule has 0 aliphatic heterocycles. The molecule has 0 aliphatic rings. The van der Waals surface area contributed by atoms with Crippen molar-refractivity contribution in [3.63, 3.8) is 0 Å². The number of carboxylic acids is 1. The molecule has 0 fully saturated rings. The molecule has 0 aliphatic carbocycles. The molecular weight excluding hydrogens is 168 g/mol. The Morgan fingerprint density at radius 1 is 1.69 bits per heavy atom. The summed E-state index contributed by atoms with van der Waals surface area (Å²) in [6, 6.07) is 3.62. The Kier molecular flexibility index (Phi) is 3.40. The molecule has 0 unspecified atom stereocenters. The minimum absolute atomic E-state index is 0.0577. The van der Waals surface area contributed by atoms with Crippen molar-refractivity contribution in [1.82, 2.24) is 4.98 Å². The van der Waals surface area contributed by atoms with Gasteiger partial charge in [-0.1, -0.05) is 6.07 Å². The van der Waals surface area contributed by atoms with E-state index < -0.39 is 5.97 Å². The van der Waals surface area contributed by atoms with Crippen LogP contribution in [0, 0.1) is 0 Å². The van der Waals surface area contributed by atoms with Crippen LogP contribution in [0.1, 0.15) is 17.9 Å².